The van der Waals surface area contributed by atoms with Gasteiger partial charge in [-0.05, 0) is 36.8 Å². The molecule has 0 amide bonds. The summed E-state index contributed by atoms with van der Waals surface area (Å²) in [6.45, 7) is 7.14. The highest BCUT2D eigenvalue weighted by Gasteiger charge is 2.29. The molecule has 0 bridgehead atoms. The van der Waals surface area contributed by atoms with Crippen molar-refractivity contribution in [1.29, 1.82) is 0 Å². The molecule has 1 aromatic heterocycles. The maximum atomic E-state index is 12.6. The van der Waals surface area contributed by atoms with Crippen molar-refractivity contribution < 1.29 is 28.6 Å². The van der Waals surface area contributed by atoms with Crippen LogP contribution in [0.5, 0.6) is 5.75 Å². The van der Waals surface area contributed by atoms with E-state index in [1.54, 1.807) is 25.3 Å². The smallest absolute Gasteiger partial charge is 0.314 e. The third-order valence-electron chi connectivity index (χ3n) is 5.26. The zero-order chi connectivity index (χ0) is 23.1. The van der Waals surface area contributed by atoms with Gasteiger partial charge in [-0.2, -0.15) is 0 Å². The zero-order valence-electron chi connectivity index (χ0n) is 19.3. The van der Waals surface area contributed by atoms with Crippen molar-refractivity contribution >= 4 is 17.9 Å². The van der Waals surface area contributed by atoms with E-state index in [1.807, 2.05) is 0 Å². The van der Waals surface area contributed by atoms with Gasteiger partial charge >= 0.3 is 17.9 Å². The van der Waals surface area contributed by atoms with E-state index in [-0.39, 0.29) is 43.0 Å². The Labute approximate surface area is 185 Å². The Hall–Kier alpha value is -2.44. The average molecular weight is 436 g/mol. The SMILES string of the molecule is CCCCCCCC(COC(C)=O)C(COC(C)=O)CC(C)C(=O)Oc1cccnc1. The first-order valence-electron chi connectivity index (χ1n) is 11.2. The van der Waals surface area contributed by atoms with Gasteiger partial charge in [-0.1, -0.05) is 46.0 Å². The minimum Gasteiger partial charge on any atom is -0.466 e. The summed E-state index contributed by atoms with van der Waals surface area (Å²) < 4.78 is 16.0. The summed E-state index contributed by atoms with van der Waals surface area (Å²) in [5.41, 5.74) is 0. The molecule has 0 saturated carbocycles. The molecule has 7 heteroatoms. The van der Waals surface area contributed by atoms with E-state index in [0.717, 1.165) is 19.3 Å². The Balaban J connectivity index is 2.80. The van der Waals surface area contributed by atoms with Gasteiger partial charge in [-0.3, -0.25) is 19.4 Å². The molecule has 0 aromatic carbocycles. The van der Waals surface area contributed by atoms with Gasteiger partial charge in [0.05, 0.1) is 25.3 Å². The number of ether oxygens (including phenoxy) is 3. The number of carbonyl (C=O) groups excluding carboxylic acids is 3. The topological polar surface area (TPSA) is 91.8 Å². The lowest BCUT2D eigenvalue weighted by Gasteiger charge is -2.28. The second kappa shape index (κ2) is 15.4. The van der Waals surface area contributed by atoms with Crippen molar-refractivity contribution in [2.45, 2.75) is 72.6 Å². The Kier molecular flexibility index (Phi) is 13.2. The highest BCUT2D eigenvalue weighted by Crippen LogP contribution is 2.28. The number of aromatic nitrogens is 1. The Morgan fingerprint density at radius 3 is 2.19 bits per heavy atom. The number of hydrogen-bond acceptors (Lipinski definition) is 7. The van der Waals surface area contributed by atoms with Gasteiger partial charge in [-0.25, -0.2) is 0 Å². The molecule has 1 aromatic rings. The molecule has 0 aliphatic heterocycles. The lowest BCUT2D eigenvalue weighted by molar-refractivity contribution is -0.148. The molecule has 1 heterocycles. The molecule has 0 spiro atoms. The summed E-state index contributed by atoms with van der Waals surface area (Å²) in [4.78, 5) is 39.3. The first-order valence-corrected chi connectivity index (χ1v) is 11.2. The zero-order valence-corrected chi connectivity index (χ0v) is 19.3. The molecule has 0 aliphatic rings. The fourth-order valence-electron chi connectivity index (χ4n) is 3.49. The third kappa shape index (κ3) is 12.1. The van der Waals surface area contributed by atoms with Gasteiger partial charge in [0.15, 0.2) is 0 Å². The molecule has 0 radical (unpaired) electrons. The van der Waals surface area contributed by atoms with Gasteiger partial charge in [0.1, 0.15) is 5.75 Å². The monoisotopic (exact) mass is 435 g/mol. The van der Waals surface area contributed by atoms with E-state index in [0.29, 0.717) is 12.2 Å². The molecule has 7 nitrogen and oxygen atoms in total. The molecule has 0 aliphatic carbocycles. The lowest BCUT2D eigenvalue weighted by Crippen LogP contribution is -2.30. The largest absolute Gasteiger partial charge is 0.466 e. The van der Waals surface area contributed by atoms with Crippen LogP contribution in [0.1, 0.15) is 72.6 Å². The van der Waals surface area contributed by atoms with Crippen LogP contribution in [0, 0.1) is 17.8 Å². The van der Waals surface area contributed by atoms with Crippen molar-refractivity contribution in [2.24, 2.45) is 17.8 Å². The van der Waals surface area contributed by atoms with Crippen LogP contribution in [-0.2, 0) is 23.9 Å². The van der Waals surface area contributed by atoms with Crippen LogP contribution in [0.2, 0.25) is 0 Å². The number of esters is 3. The van der Waals surface area contributed by atoms with Gasteiger partial charge < -0.3 is 14.2 Å². The summed E-state index contributed by atoms with van der Waals surface area (Å²) in [5.74, 6) is -1.22. The molecule has 1 rings (SSSR count). The van der Waals surface area contributed by atoms with Crippen LogP contribution >= 0.6 is 0 Å². The number of rotatable bonds is 15. The van der Waals surface area contributed by atoms with E-state index in [9.17, 15) is 14.4 Å². The predicted octanol–water partition coefficient (Wildman–Crippen LogP) is 4.73. The third-order valence-corrected chi connectivity index (χ3v) is 5.26. The number of pyridine rings is 1. The Bertz CT molecular complexity index is 663. The predicted molar refractivity (Wildman–Crippen MR) is 117 cm³/mol. The molecular formula is C24H37NO6. The van der Waals surface area contributed by atoms with Crippen molar-refractivity contribution in [3.8, 4) is 5.75 Å². The maximum absolute atomic E-state index is 12.6. The van der Waals surface area contributed by atoms with Gasteiger partial charge in [-0.15, -0.1) is 0 Å². The number of hydrogen-bond donors (Lipinski definition) is 0. The molecule has 3 atom stereocenters. The first-order chi connectivity index (χ1) is 14.8. The van der Waals surface area contributed by atoms with Crippen molar-refractivity contribution in [2.75, 3.05) is 13.2 Å². The number of unbranched alkanes of at least 4 members (excludes halogenated alkanes) is 4. The van der Waals surface area contributed by atoms with E-state index >= 15 is 0 Å². The highest BCUT2D eigenvalue weighted by molar-refractivity contribution is 5.74. The molecule has 3 unspecified atom stereocenters. The lowest BCUT2D eigenvalue weighted by atomic mass is 9.82. The first kappa shape index (κ1) is 26.6. The van der Waals surface area contributed by atoms with E-state index in [4.69, 9.17) is 14.2 Å². The second-order valence-corrected chi connectivity index (χ2v) is 8.07. The number of carbonyl (C=O) groups is 3. The standard InChI is InChI=1S/C24H37NO6/c1-5-6-7-8-9-11-21(16-29-19(3)26)22(17-30-20(4)27)14-18(2)24(28)31-23-12-10-13-25-15-23/h10,12-13,15,18,21-22H,5-9,11,14,16-17H2,1-4H3. The molecule has 0 N–H and O–H groups in total. The fourth-order valence-corrected chi connectivity index (χ4v) is 3.49. The summed E-state index contributed by atoms with van der Waals surface area (Å²) >= 11 is 0. The van der Waals surface area contributed by atoms with Gasteiger partial charge in [0.2, 0.25) is 0 Å². The highest BCUT2D eigenvalue weighted by atomic mass is 16.5. The van der Waals surface area contributed by atoms with Crippen LogP contribution in [0.4, 0.5) is 0 Å². The van der Waals surface area contributed by atoms with Crippen LogP contribution < -0.4 is 4.74 Å². The molecular weight excluding hydrogens is 398 g/mol. The van der Waals surface area contributed by atoms with Crippen molar-refractivity contribution in [3.05, 3.63) is 24.5 Å². The van der Waals surface area contributed by atoms with E-state index < -0.39 is 5.92 Å². The Morgan fingerprint density at radius 2 is 1.61 bits per heavy atom. The molecule has 0 saturated heterocycles. The second-order valence-electron chi connectivity index (χ2n) is 8.07. The van der Waals surface area contributed by atoms with Crippen LogP contribution in [0.25, 0.3) is 0 Å². The number of nitrogens with zero attached hydrogens (tertiary/aromatic N) is 1. The summed E-state index contributed by atoms with van der Waals surface area (Å²) in [7, 11) is 0. The van der Waals surface area contributed by atoms with Gasteiger partial charge in [0.25, 0.3) is 0 Å². The normalized spacial score (nSPS) is 13.7. The van der Waals surface area contributed by atoms with Crippen molar-refractivity contribution in [1.82, 2.24) is 4.98 Å². The van der Waals surface area contributed by atoms with Crippen LogP contribution in [0.15, 0.2) is 24.5 Å². The van der Waals surface area contributed by atoms with E-state index in [2.05, 4.69) is 11.9 Å². The molecule has 0 fully saturated rings. The quantitative estimate of drug-likeness (QED) is 0.290. The van der Waals surface area contributed by atoms with Crippen molar-refractivity contribution in [3.63, 3.8) is 0 Å². The van der Waals surface area contributed by atoms with Gasteiger partial charge in [0, 0.05) is 20.0 Å². The molecule has 31 heavy (non-hydrogen) atoms. The Morgan fingerprint density at radius 1 is 0.968 bits per heavy atom. The average Bonchev–Trinajstić information content (AvgIpc) is 2.73. The van der Waals surface area contributed by atoms with E-state index in [1.165, 1.54) is 39.3 Å². The fraction of sp³-hybridized carbons (Fsp3) is 0.667. The summed E-state index contributed by atoms with van der Waals surface area (Å²) in [6, 6.07) is 3.37. The van der Waals surface area contributed by atoms with Crippen LogP contribution in [-0.4, -0.2) is 36.1 Å². The minimum absolute atomic E-state index is 0.00137. The van der Waals surface area contributed by atoms with Crippen LogP contribution in [0.3, 0.4) is 0 Å². The molecule has 174 valence electrons. The maximum Gasteiger partial charge on any atom is 0.314 e. The summed E-state index contributed by atoms with van der Waals surface area (Å²) in [6.07, 6.45) is 10.0. The summed E-state index contributed by atoms with van der Waals surface area (Å²) in [5, 5.41) is 0. The minimum atomic E-state index is -0.416.